The van der Waals surface area contributed by atoms with Crippen LogP contribution in [0, 0.1) is 23.7 Å². The summed E-state index contributed by atoms with van der Waals surface area (Å²) in [6.07, 6.45) is 8.80. The maximum absolute atomic E-state index is 11.5. The Morgan fingerprint density at radius 2 is 2.00 bits per heavy atom. The lowest BCUT2D eigenvalue weighted by atomic mass is 9.65. The summed E-state index contributed by atoms with van der Waals surface area (Å²) in [6, 6.07) is 0. The Balaban J connectivity index is 1.67. The molecule has 2 unspecified atom stereocenters. The van der Waals surface area contributed by atoms with E-state index >= 15 is 0 Å². The van der Waals surface area contributed by atoms with Crippen molar-refractivity contribution >= 4 is 5.97 Å². The van der Waals surface area contributed by atoms with Crippen molar-refractivity contribution in [3.8, 4) is 0 Å². The summed E-state index contributed by atoms with van der Waals surface area (Å²) < 4.78 is 5.37. The second-order valence-electron chi connectivity index (χ2n) is 7.64. The highest BCUT2D eigenvalue weighted by Gasteiger charge is 2.39. The lowest BCUT2D eigenvalue weighted by Gasteiger charge is -2.42. The molecule has 4 heteroatoms. The van der Waals surface area contributed by atoms with Crippen molar-refractivity contribution in [2.45, 2.75) is 64.3 Å². The molecule has 128 valence electrons. The maximum Gasteiger partial charge on any atom is 0.308 e. The van der Waals surface area contributed by atoms with Gasteiger partial charge in [0.1, 0.15) is 6.10 Å². The Hall–Kier alpha value is -1.13. The van der Waals surface area contributed by atoms with Crippen LogP contribution in [0.25, 0.3) is 0 Å². The van der Waals surface area contributed by atoms with Crippen molar-refractivity contribution in [3.63, 3.8) is 0 Å². The molecule has 4 nitrogen and oxygen atoms in total. The smallest absolute Gasteiger partial charge is 0.308 e. The van der Waals surface area contributed by atoms with Crippen LogP contribution in [0.1, 0.15) is 46.0 Å². The number of hydrogen-bond acceptors (Lipinski definition) is 4. The van der Waals surface area contributed by atoms with Gasteiger partial charge in [-0.15, -0.1) is 0 Å². The van der Waals surface area contributed by atoms with Crippen LogP contribution in [-0.4, -0.2) is 34.5 Å². The van der Waals surface area contributed by atoms with E-state index in [2.05, 4.69) is 32.1 Å². The quantitative estimate of drug-likeness (QED) is 0.785. The van der Waals surface area contributed by atoms with Gasteiger partial charge in [-0.05, 0) is 42.6 Å². The third kappa shape index (κ3) is 3.69. The number of rotatable bonds is 3. The first-order valence-corrected chi connectivity index (χ1v) is 8.89. The number of cyclic esters (lactones) is 1. The average molecular weight is 320 g/mol. The first kappa shape index (κ1) is 16.7. The van der Waals surface area contributed by atoms with E-state index in [-0.39, 0.29) is 30.5 Å². The molecule has 0 radical (unpaired) electrons. The molecule has 0 aromatic heterocycles. The SMILES string of the molecule is C[C@H]1C=C2C=C[C@H](C)[C@H](CCC3C[C@@H](O)CC(=O)O3)C2[C@@H](O)C1. The number of allylic oxidation sites excluding steroid dienone is 3. The topological polar surface area (TPSA) is 66.8 Å². The lowest BCUT2D eigenvalue weighted by Crippen LogP contribution is -2.39. The number of aliphatic hydroxyl groups is 2. The molecule has 1 aliphatic heterocycles. The predicted molar refractivity (Wildman–Crippen MR) is 87.5 cm³/mol. The fourth-order valence-corrected chi connectivity index (χ4v) is 4.55. The minimum Gasteiger partial charge on any atom is -0.462 e. The molecule has 2 aliphatic carbocycles. The van der Waals surface area contributed by atoms with Gasteiger partial charge in [-0.1, -0.05) is 32.1 Å². The van der Waals surface area contributed by atoms with Gasteiger partial charge in [-0.25, -0.2) is 0 Å². The Morgan fingerprint density at radius 1 is 1.22 bits per heavy atom. The van der Waals surface area contributed by atoms with Gasteiger partial charge in [-0.2, -0.15) is 0 Å². The summed E-state index contributed by atoms with van der Waals surface area (Å²) >= 11 is 0. The van der Waals surface area contributed by atoms with E-state index < -0.39 is 6.10 Å². The van der Waals surface area contributed by atoms with Gasteiger partial charge in [-0.3, -0.25) is 4.79 Å². The zero-order valence-electron chi connectivity index (χ0n) is 14.0. The molecule has 0 aromatic carbocycles. The monoisotopic (exact) mass is 320 g/mol. The van der Waals surface area contributed by atoms with Crippen molar-refractivity contribution in [1.82, 2.24) is 0 Å². The molecular formula is C19H28O4. The molecule has 1 saturated heterocycles. The largest absolute Gasteiger partial charge is 0.462 e. The number of aliphatic hydroxyl groups excluding tert-OH is 2. The standard InChI is InChI=1S/C19H28O4/c1-11-7-13-4-3-12(2)16(19(13)17(21)8-11)6-5-15-9-14(20)10-18(22)23-15/h3-4,7,11-12,14-17,19-21H,5-6,8-10H2,1-2H3/t11-,12-,14+,15?,16-,17-,19?/m0/s1. The van der Waals surface area contributed by atoms with E-state index in [1.807, 2.05) is 0 Å². The van der Waals surface area contributed by atoms with Crippen LogP contribution in [0.5, 0.6) is 0 Å². The summed E-state index contributed by atoms with van der Waals surface area (Å²) in [6.45, 7) is 4.35. The molecular weight excluding hydrogens is 292 g/mol. The molecule has 3 rings (SSSR count). The Bertz CT molecular complexity index is 509. The number of hydrogen-bond donors (Lipinski definition) is 2. The predicted octanol–water partition coefficient (Wildman–Crippen LogP) is 2.60. The summed E-state index contributed by atoms with van der Waals surface area (Å²) in [5.74, 6) is 1.09. The molecule has 7 atom stereocenters. The number of esters is 1. The van der Waals surface area contributed by atoms with Crippen LogP contribution >= 0.6 is 0 Å². The highest BCUT2D eigenvalue weighted by Crippen LogP contribution is 2.43. The zero-order chi connectivity index (χ0) is 16.6. The number of fused-ring (bicyclic) bond motifs is 1. The molecule has 0 aromatic rings. The minimum atomic E-state index is -0.568. The van der Waals surface area contributed by atoms with Crippen molar-refractivity contribution in [2.24, 2.45) is 23.7 Å². The van der Waals surface area contributed by atoms with Gasteiger partial charge >= 0.3 is 5.97 Å². The summed E-state index contributed by atoms with van der Waals surface area (Å²) in [5.41, 5.74) is 1.26. The van der Waals surface area contributed by atoms with Crippen molar-refractivity contribution < 1.29 is 19.7 Å². The van der Waals surface area contributed by atoms with Crippen molar-refractivity contribution in [2.75, 3.05) is 0 Å². The van der Waals surface area contributed by atoms with Crippen molar-refractivity contribution in [1.29, 1.82) is 0 Å². The number of carbonyl (C=O) groups excluding carboxylic acids is 1. The molecule has 0 saturated carbocycles. The second-order valence-corrected chi connectivity index (χ2v) is 7.64. The molecule has 0 spiro atoms. The molecule has 0 bridgehead atoms. The number of carbonyl (C=O) groups is 1. The van der Waals surface area contributed by atoms with Gasteiger partial charge in [0.2, 0.25) is 0 Å². The van der Waals surface area contributed by atoms with Crippen LogP contribution in [0.2, 0.25) is 0 Å². The van der Waals surface area contributed by atoms with Gasteiger partial charge in [0.05, 0.1) is 18.6 Å². The molecule has 0 amide bonds. The zero-order valence-corrected chi connectivity index (χ0v) is 14.0. The molecule has 3 aliphatic rings. The summed E-state index contributed by atoms with van der Waals surface area (Å²) in [4.78, 5) is 11.5. The third-order valence-electron chi connectivity index (χ3n) is 5.68. The summed E-state index contributed by atoms with van der Waals surface area (Å²) in [5, 5.41) is 20.3. The van der Waals surface area contributed by atoms with Crippen LogP contribution in [0.15, 0.2) is 23.8 Å². The Labute approximate surface area is 138 Å². The first-order chi connectivity index (χ1) is 10.9. The molecule has 1 heterocycles. The summed E-state index contributed by atoms with van der Waals surface area (Å²) in [7, 11) is 0. The van der Waals surface area contributed by atoms with Gasteiger partial charge in [0, 0.05) is 12.3 Å². The first-order valence-electron chi connectivity index (χ1n) is 8.89. The molecule has 1 fully saturated rings. The Morgan fingerprint density at radius 3 is 2.74 bits per heavy atom. The van der Waals surface area contributed by atoms with E-state index in [1.54, 1.807) is 0 Å². The molecule has 2 N–H and O–H groups in total. The van der Waals surface area contributed by atoms with E-state index in [0.717, 1.165) is 19.3 Å². The minimum absolute atomic E-state index is 0.116. The average Bonchev–Trinajstić information content (AvgIpc) is 2.45. The van der Waals surface area contributed by atoms with Crippen LogP contribution < -0.4 is 0 Å². The second kappa shape index (κ2) is 6.78. The van der Waals surface area contributed by atoms with E-state index in [0.29, 0.717) is 24.2 Å². The third-order valence-corrected chi connectivity index (χ3v) is 5.68. The van der Waals surface area contributed by atoms with E-state index in [9.17, 15) is 15.0 Å². The van der Waals surface area contributed by atoms with Crippen LogP contribution in [-0.2, 0) is 9.53 Å². The normalized spacial score (nSPS) is 43.6. The lowest BCUT2D eigenvalue weighted by molar-refractivity contribution is -0.160. The van der Waals surface area contributed by atoms with Crippen LogP contribution in [0.4, 0.5) is 0 Å². The van der Waals surface area contributed by atoms with E-state index in [1.165, 1.54) is 5.57 Å². The highest BCUT2D eigenvalue weighted by atomic mass is 16.5. The number of ether oxygens (including phenoxy) is 1. The Kier molecular flexibility index (Phi) is 4.93. The van der Waals surface area contributed by atoms with E-state index in [4.69, 9.17) is 4.74 Å². The van der Waals surface area contributed by atoms with Crippen LogP contribution in [0.3, 0.4) is 0 Å². The fraction of sp³-hybridized carbons (Fsp3) is 0.737. The van der Waals surface area contributed by atoms with Gasteiger partial charge < -0.3 is 14.9 Å². The maximum atomic E-state index is 11.5. The fourth-order valence-electron chi connectivity index (χ4n) is 4.55. The molecule has 23 heavy (non-hydrogen) atoms. The van der Waals surface area contributed by atoms with Crippen molar-refractivity contribution in [3.05, 3.63) is 23.8 Å². The van der Waals surface area contributed by atoms with Gasteiger partial charge in [0.25, 0.3) is 0 Å². The van der Waals surface area contributed by atoms with Gasteiger partial charge in [0.15, 0.2) is 0 Å². The highest BCUT2D eigenvalue weighted by molar-refractivity contribution is 5.70.